The van der Waals surface area contributed by atoms with Gasteiger partial charge >= 0.3 is 0 Å². The third-order valence-electron chi connectivity index (χ3n) is 3.09. The van der Waals surface area contributed by atoms with E-state index in [1.54, 1.807) is 0 Å². The quantitative estimate of drug-likeness (QED) is 0.687. The fraction of sp³-hybridized carbons (Fsp3) is 0.462. The second-order valence-corrected chi connectivity index (χ2v) is 4.13. The minimum atomic E-state index is 0.231. The van der Waals surface area contributed by atoms with Crippen LogP contribution in [-0.2, 0) is 11.2 Å². The summed E-state index contributed by atoms with van der Waals surface area (Å²) in [5.74, 6) is 0.231. The van der Waals surface area contributed by atoms with Crippen LogP contribution in [0.15, 0.2) is 24.3 Å². The van der Waals surface area contributed by atoms with E-state index in [1.165, 1.54) is 5.56 Å². The Hall–Kier alpha value is -1.31. The number of benzene rings is 1. The summed E-state index contributed by atoms with van der Waals surface area (Å²) in [4.78, 5) is 13.8. The number of rotatable bonds is 1. The number of amides is 1. The molecule has 0 unspecified atom stereocenters. The third-order valence-corrected chi connectivity index (χ3v) is 3.09. The number of carbonyl (C=O) groups is 1. The minimum absolute atomic E-state index is 0.231. The lowest BCUT2D eigenvalue weighted by atomic mass is 9.96. The highest BCUT2D eigenvalue weighted by molar-refractivity contribution is 5.94. The molecule has 0 aliphatic carbocycles. The van der Waals surface area contributed by atoms with E-state index in [0.717, 1.165) is 18.5 Å². The van der Waals surface area contributed by atoms with Crippen LogP contribution in [0.5, 0.6) is 0 Å². The number of anilines is 1. The van der Waals surface area contributed by atoms with Crippen molar-refractivity contribution in [3.8, 4) is 0 Å². The molecule has 1 heterocycles. The Labute approximate surface area is 90.9 Å². The Morgan fingerprint density at radius 2 is 2.20 bits per heavy atom. The third kappa shape index (κ3) is 1.76. The van der Waals surface area contributed by atoms with Crippen molar-refractivity contribution in [3.63, 3.8) is 0 Å². The Bertz CT molecular complexity index is 373. The lowest BCUT2D eigenvalue weighted by Gasteiger charge is -2.35. The number of hydrogen-bond donors (Lipinski definition) is 0. The van der Waals surface area contributed by atoms with Crippen molar-refractivity contribution in [2.75, 3.05) is 4.90 Å². The van der Waals surface area contributed by atoms with Crippen molar-refractivity contribution in [2.45, 2.75) is 39.2 Å². The van der Waals surface area contributed by atoms with Crippen molar-refractivity contribution in [1.29, 1.82) is 0 Å². The second kappa shape index (κ2) is 4.05. The summed E-state index contributed by atoms with van der Waals surface area (Å²) in [5, 5.41) is 0. The molecule has 1 aromatic rings. The van der Waals surface area contributed by atoms with Gasteiger partial charge in [-0.3, -0.25) is 4.79 Å². The lowest BCUT2D eigenvalue weighted by molar-refractivity contribution is -0.118. The molecule has 0 radical (unpaired) electrons. The molecule has 1 aromatic carbocycles. The van der Waals surface area contributed by atoms with E-state index in [2.05, 4.69) is 19.1 Å². The number of nitrogens with zero attached hydrogens (tertiary/aromatic N) is 1. The van der Waals surface area contributed by atoms with Crippen molar-refractivity contribution < 1.29 is 4.79 Å². The number of fused-ring (bicyclic) bond motifs is 1. The molecule has 0 fully saturated rings. The maximum atomic E-state index is 11.9. The first-order valence-corrected chi connectivity index (χ1v) is 5.64. The van der Waals surface area contributed by atoms with Crippen LogP contribution < -0.4 is 4.90 Å². The van der Waals surface area contributed by atoms with E-state index in [4.69, 9.17) is 0 Å². The van der Waals surface area contributed by atoms with Crippen molar-refractivity contribution >= 4 is 11.6 Å². The Kier molecular flexibility index (Phi) is 2.76. The number of hydrogen-bond acceptors (Lipinski definition) is 1. The van der Waals surface area contributed by atoms with E-state index in [1.807, 2.05) is 24.0 Å². The summed E-state index contributed by atoms with van der Waals surface area (Å²) < 4.78 is 0. The zero-order valence-corrected chi connectivity index (χ0v) is 9.36. The molecule has 0 N–H and O–H groups in total. The SMILES string of the molecule is CCC(=O)N1c2ccccc2CC[C@@H]1C. The molecule has 1 atom stereocenters. The molecule has 0 saturated heterocycles. The molecule has 1 aliphatic heterocycles. The molecule has 2 heteroatoms. The fourth-order valence-corrected chi connectivity index (χ4v) is 2.24. The van der Waals surface area contributed by atoms with Gasteiger partial charge in [0.05, 0.1) is 0 Å². The molecule has 1 amide bonds. The average Bonchev–Trinajstić information content (AvgIpc) is 2.28. The predicted molar refractivity (Wildman–Crippen MR) is 62.0 cm³/mol. The van der Waals surface area contributed by atoms with Crippen molar-refractivity contribution in [2.24, 2.45) is 0 Å². The fourth-order valence-electron chi connectivity index (χ4n) is 2.24. The zero-order valence-electron chi connectivity index (χ0n) is 9.36. The van der Waals surface area contributed by atoms with Gasteiger partial charge in [0.2, 0.25) is 5.91 Å². The number of aryl methyl sites for hydroxylation is 1. The molecule has 0 bridgehead atoms. The summed E-state index contributed by atoms with van der Waals surface area (Å²) in [7, 11) is 0. The first kappa shape index (κ1) is 10.2. The standard InChI is InChI=1S/C13H17NO/c1-3-13(15)14-10(2)8-9-11-6-4-5-7-12(11)14/h4-7,10H,3,8-9H2,1-2H3/t10-/m0/s1. The van der Waals surface area contributed by atoms with Gasteiger partial charge in [0.25, 0.3) is 0 Å². The van der Waals surface area contributed by atoms with Crippen LogP contribution in [0, 0.1) is 0 Å². The van der Waals surface area contributed by atoms with Gasteiger partial charge in [-0.05, 0) is 31.4 Å². The molecule has 1 aliphatic rings. The normalized spacial score (nSPS) is 19.9. The van der Waals surface area contributed by atoms with Crippen LogP contribution >= 0.6 is 0 Å². The highest BCUT2D eigenvalue weighted by Gasteiger charge is 2.26. The van der Waals surface area contributed by atoms with Gasteiger partial charge in [-0.25, -0.2) is 0 Å². The predicted octanol–water partition coefficient (Wildman–Crippen LogP) is 2.76. The van der Waals surface area contributed by atoms with E-state index in [0.29, 0.717) is 12.5 Å². The molecule has 2 rings (SSSR count). The molecular formula is C13H17NO. The highest BCUT2D eigenvalue weighted by Crippen LogP contribution is 2.30. The van der Waals surface area contributed by atoms with Crippen LogP contribution in [0.4, 0.5) is 5.69 Å². The topological polar surface area (TPSA) is 20.3 Å². The monoisotopic (exact) mass is 203 g/mol. The molecule has 0 aromatic heterocycles. The molecule has 2 nitrogen and oxygen atoms in total. The smallest absolute Gasteiger partial charge is 0.226 e. The molecular weight excluding hydrogens is 186 g/mol. The second-order valence-electron chi connectivity index (χ2n) is 4.13. The lowest BCUT2D eigenvalue weighted by Crippen LogP contribution is -2.41. The highest BCUT2D eigenvalue weighted by atomic mass is 16.2. The average molecular weight is 203 g/mol. The van der Waals surface area contributed by atoms with E-state index >= 15 is 0 Å². The molecule has 0 spiro atoms. The van der Waals surface area contributed by atoms with Crippen LogP contribution in [0.25, 0.3) is 0 Å². The van der Waals surface area contributed by atoms with Crippen LogP contribution in [0.1, 0.15) is 32.3 Å². The van der Waals surface area contributed by atoms with Crippen molar-refractivity contribution in [3.05, 3.63) is 29.8 Å². The van der Waals surface area contributed by atoms with Gasteiger partial charge in [-0.15, -0.1) is 0 Å². The summed E-state index contributed by atoms with van der Waals surface area (Å²) in [5.41, 5.74) is 2.42. The summed E-state index contributed by atoms with van der Waals surface area (Å²) >= 11 is 0. The summed E-state index contributed by atoms with van der Waals surface area (Å²) in [6.45, 7) is 4.05. The van der Waals surface area contributed by atoms with Gasteiger partial charge in [0, 0.05) is 18.2 Å². The van der Waals surface area contributed by atoms with Gasteiger partial charge in [-0.2, -0.15) is 0 Å². The summed E-state index contributed by atoms with van der Waals surface area (Å²) in [6.07, 6.45) is 2.74. The Balaban J connectivity index is 2.41. The van der Waals surface area contributed by atoms with Crippen LogP contribution in [0.2, 0.25) is 0 Å². The Morgan fingerprint density at radius 3 is 2.93 bits per heavy atom. The van der Waals surface area contributed by atoms with E-state index in [-0.39, 0.29) is 5.91 Å². The maximum absolute atomic E-state index is 11.9. The molecule has 80 valence electrons. The largest absolute Gasteiger partial charge is 0.309 e. The minimum Gasteiger partial charge on any atom is -0.309 e. The van der Waals surface area contributed by atoms with Gasteiger partial charge in [0.15, 0.2) is 0 Å². The molecule has 15 heavy (non-hydrogen) atoms. The van der Waals surface area contributed by atoms with Crippen molar-refractivity contribution in [1.82, 2.24) is 0 Å². The maximum Gasteiger partial charge on any atom is 0.226 e. The first-order valence-electron chi connectivity index (χ1n) is 5.64. The first-order chi connectivity index (χ1) is 7.24. The van der Waals surface area contributed by atoms with E-state index in [9.17, 15) is 4.79 Å². The van der Waals surface area contributed by atoms with Crippen LogP contribution in [-0.4, -0.2) is 11.9 Å². The number of para-hydroxylation sites is 1. The number of carbonyl (C=O) groups excluding carboxylic acids is 1. The Morgan fingerprint density at radius 1 is 1.47 bits per heavy atom. The van der Waals surface area contributed by atoms with Gasteiger partial charge < -0.3 is 4.90 Å². The van der Waals surface area contributed by atoms with Gasteiger partial charge in [0.1, 0.15) is 0 Å². The molecule has 0 saturated carbocycles. The van der Waals surface area contributed by atoms with Crippen LogP contribution in [0.3, 0.4) is 0 Å². The summed E-state index contributed by atoms with van der Waals surface area (Å²) in [6, 6.07) is 8.57. The van der Waals surface area contributed by atoms with E-state index < -0.39 is 0 Å². The zero-order chi connectivity index (χ0) is 10.8. The van der Waals surface area contributed by atoms with Gasteiger partial charge in [-0.1, -0.05) is 25.1 Å².